The zero-order valence-corrected chi connectivity index (χ0v) is 52.0. The van der Waals surface area contributed by atoms with Gasteiger partial charge in [0.15, 0.2) is 0 Å². The van der Waals surface area contributed by atoms with E-state index < -0.39 is 0 Å². The van der Waals surface area contributed by atoms with Crippen LogP contribution in [0.3, 0.4) is 0 Å². The number of para-hydroxylation sites is 2. The molecule has 2 aliphatic rings. The molecule has 0 bridgehead atoms. The van der Waals surface area contributed by atoms with Crippen molar-refractivity contribution in [1.82, 2.24) is 29.1 Å². The van der Waals surface area contributed by atoms with Crippen LogP contribution in [0.1, 0.15) is 169 Å². The fourth-order valence-corrected chi connectivity index (χ4v) is 11.9. The van der Waals surface area contributed by atoms with Crippen LogP contribution in [0.4, 0.5) is 0 Å². The number of fused-ring (bicyclic) bond motifs is 2. The zero-order valence-electron chi connectivity index (χ0n) is 47.4. The van der Waals surface area contributed by atoms with Crippen LogP contribution in [0.25, 0.3) is 89.6 Å². The first-order valence-electron chi connectivity index (χ1n) is 27.7. The van der Waals surface area contributed by atoms with Gasteiger partial charge in [-0.15, -0.1) is 59.7 Å². The van der Waals surface area contributed by atoms with Crippen molar-refractivity contribution in [3.8, 4) is 79.0 Å². The largest absolute Gasteiger partial charge is 0.507 e. The first-order chi connectivity index (χ1) is 36.0. The Morgan fingerprint density at radius 2 is 0.795 bits per heavy atom. The van der Waals surface area contributed by atoms with Crippen LogP contribution in [0.2, 0.25) is 0 Å². The number of aromatic hydroxyl groups is 2. The molecule has 0 atom stereocenters. The van der Waals surface area contributed by atoms with Crippen LogP contribution in [-0.2, 0) is 63.8 Å². The summed E-state index contributed by atoms with van der Waals surface area (Å²) in [7, 11) is 0. The molecule has 9 aromatic rings. The fourth-order valence-electron chi connectivity index (χ4n) is 11.9. The molecule has 0 amide bonds. The number of nitrogens with zero attached hydrogens (tertiary/aromatic N) is 6. The number of imidazole rings is 2. The van der Waals surface area contributed by atoms with E-state index in [1.165, 1.54) is 36.8 Å². The van der Waals surface area contributed by atoms with Gasteiger partial charge in [0.05, 0.1) is 39.5 Å². The maximum absolute atomic E-state index is 12.2. The second-order valence-corrected chi connectivity index (χ2v) is 25.9. The molecule has 0 radical (unpaired) electrons. The SMILES string of the molecule is CC(C)(C)c1cc(-c2nc3c(-c4[c-]c(-c5cc(-c6[c-]c(-c7cccc8c7nc(-c7cc(C(C)(C)C)cc(C(C)(C)C)c7O)n8C7CCCC7)ccc6)ncn5)ccc4)cccc3n2C2CCCC2)c(O)c(C(C)(C)C)c1.[Pt].[Pt]. The number of hydrogen-bond donors (Lipinski definition) is 2. The minimum absolute atomic E-state index is 0. The minimum Gasteiger partial charge on any atom is -0.507 e. The molecular weight excluding hydrogens is 1320 g/mol. The van der Waals surface area contributed by atoms with Gasteiger partial charge in [-0.05, 0) is 82.7 Å². The van der Waals surface area contributed by atoms with Gasteiger partial charge < -0.3 is 19.3 Å². The summed E-state index contributed by atoms with van der Waals surface area (Å²) in [5.74, 6) is 2.25. The van der Waals surface area contributed by atoms with E-state index in [1.54, 1.807) is 6.33 Å². The Morgan fingerprint density at radius 3 is 1.15 bits per heavy atom. The Labute approximate surface area is 491 Å². The fraction of sp³-hybridized carbons (Fsp3) is 0.382. The first-order valence-corrected chi connectivity index (χ1v) is 27.7. The van der Waals surface area contributed by atoms with Crippen LogP contribution in [0, 0.1) is 12.1 Å². The molecule has 6 aromatic carbocycles. The van der Waals surface area contributed by atoms with Gasteiger partial charge >= 0.3 is 0 Å². The van der Waals surface area contributed by atoms with Crippen LogP contribution in [0.5, 0.6) is 11.5 Å². The molecule has 2 fully saturated rings. The summed E-state index contributed by atoms with van der Waals surface area (Å²) in [5.41, 5.74) is 15.9. The second kappa shape index (κ2) is 21.4. The van der Waals surface area contributed by atoms with E-state index in [0.717, 1.165) is 126 Å². The summed E-state index contributed by atoms with van der Waals surface area (Å²) in [6.07, 6.45) is 10.6. The minimum atomic E-state index is -0.269. The van der Waals surface area contributed by atoms with Gasteiger partial charge in [0.25, 0.3) is 0 Å². The van der Waals surface area contributed by atoms with Crippen LogP contribution >= 0.6 is 0 Å². The van der Waals surface area contributed by atoms with Crippen LogP contribution in [0.15, 0.2) is 109 Å². The number of hydrogen-bond acceptors (Lipinski definition) is 6. The van der Waals surface area contributed by atoms with E-state index in [-0.39, 0.29) is 75.9 Å². The molecule has 8 nitrogen and oxygen atoms in total. The van der Waals surface area contributed by atoms with Gasteiger partial charge in [0.1, 0.15) is 23.1 Å². The monoisotopic (exact) mass is 1400 g/mol. The molecule has 410 valence electrons. The van der Waals surface area contributed by atoms with Gasteiger partial charge in [-0.1, -0.05) is 173 Å². The van der Waals surface area contributed by atoms with Crippen molar-refractivity contribution in [3.63, 3.8) is 0 Å². The number of phenols is 2. The maximum Gasteiger partial charge on any atom is 0.144 e. The van der Waals surface area contributed by atoms with Crippen molar-refractivity contribution < 1.29 is 52.3 Å². The summed E-state index contributed by atoms with van der Waals surface area (Å²) in [4.78, 5) is 20.7. The van der Waals surface area contributed by atoms with E-state index in [4.69, 9.17) is 19.9 Å². The quantitative estimate of drug-likeness (QED) is 0.147. The molecule has 2 N–H and O–H groups in total. The van der Waals surface area contributed by atoms with E-state index >= 15 is 0 Å². The molecule has 0 unspecified atom stereocenters. The van der Waals surface area contributed by atoms with Gasteiger partial charge in [0, 0.05) is 76.7 Å². The Morgan fingerprint density at radius 1 is 0.436 bits per heavy atom. The van der Waals surface area contributed by atoms with E-state index in [2.05, 4.69) is 201 Å². The molecule has 2 saturated carbocycles. The van der Waals surface area contributed by atoms with Crippen molar-refractivity contribution in [2.75, 3.05) is 0 Å². The van der Waals surface area contributed by atoms with Crippen molar-refractivity contribution in [1.29, 1.82) is 0 Å². The molecule has 3 heterocycles. The number of aromatic nitrogens is 6. The predicted molar refractivity (Wildman–Crippen MR) is 312 cm³/mol. The Hall–Kier alpha value is -5.68. The molecular formula is C68H74N6O2Pt2-2. The average Bonchev–Trinajstić information content (AvgIpc) is 4.41. The summed E-state index contributed by atoms with van der Waals surface area (Å²) >= 11 is 0. The third-order valence-corrected chi connectivity index (χ3v) is 16.3. The average molecular weight is 1400 g/mol. The summed E-state index contributed by atoms with van der Waals surface area (Å²) in [5, 5.41) is 24.4. The number of rotatable bonds is 8. The van der Waals surface area contributed by atoms with Gasteiger partial charge in [0.2, 0.25) is 0 Å². The molecule has 0 aliphatic heterocycles. The Balaban J connectivity index is 0.00000370. The molecule has 0 saturated heterocycles. The summed E-state index contributed by atoms with van der Waals surface area (Å²) in [6, 6.07) is 44.2. The van der Waals surface area contributed by atoms with Crippen molar-refractivity contribution in [3.05, 3.63) is 144 Å². The summed E-state index contributed by atoms with van der Waals surface area (Å²) in [6.45, 7) is 26.4. The van der Waals surface area contributed by atoms with E-state index in [0.29, 0.717) is 11.5 Å². The van der Waals surface area contributed by atoms with Crippen molar-refractivity contribution in [2.24, 2.45) is 0 Å². The van der Waals surface area contributed by atoms with Gasteiger partial charge in [-0.3, -0.25) is 9.97 Å². The topological polar surface area (TPSA) is 102 Å². The predicted octanol–water partition coefficient (Wildman–Crippen LogP) is 17.6. The van der Waals surface area contributed by atoms with Gasteiger partial charge in [-0.25, -0.2) is 9.97 Å². The number of benzene rings is 6. The second-order valence-electron chi connectivity index (χ2n) is 25.9. The van der Waals surface area contributed by atoms with E-state index in [1.807, 2.05) is 6.07 Å². The van der Waals surface area contributed by atoms with Crippen LogP contribution in [-0.4, -0.2) is 39.3 Å². The molecule has 3 aromatic heterocycles. The standard InChI is InChI=1S/C68H74N6O2.2Pt/c1-65(2,3)45-35-51(61(75)53(37-45)67(7,8)9)63-71-59-49(29-19-31-57(59)73(63)47-25-13-14-26-47)41-21-17-23-43(33-41)55-39-56(70-40-69-55)44-24-18-22-42(34-44)50-30-20-32-58-60(50)72-64(74(58)48-27-15-16-28-48)52-36-46(66(4,5)6)38-54(62(52)76)68(10,11)12;;/h17-24,29-32,35-40,47-48,75-76H,13-16,25-28H2,1-12H3;;/q-2;;. The number of phenolic OH excluding ortho intramolecular Hbond substituents is 2. The molecule has 78 heavy (non-hydrogen) atoms. The maximum atomic E-state index is 12.2. The Kier molecular flexibility index (Phi) is 15.7. The summed E-state index contributed by atoms with van der Waals surface area (Å²) < 4.78 is 4.84. The molecule has 2 aliphatic carbocycles. The molecule has 0 spiro atoms. The zero-order chi connectivity index (χ0) is 53.6. The van der Waals surface area contributed by atoms with Crippen LogP contribution < -0.4 is 0 Å². The molecule has 10 heteroatoms. The first kappa shape index (κ1) is 57.0. The third kappa shape index (κ3) is 10.6. The van der Waals surface area contributed by atoms with Crippen molar-refractivity contribution >= 4 is 22.1 Å². The van der Waals surface area contributed by atoms with Crippen molar-refractivity contribution in [2.45, 2.75) is 168 Å². The van der Waals surface area contributed by atoms with Gasteiger partial charge in [-0.2, -0.15) is 0 Å². The third-order valence-electron chi connectivity index (χ3n) is 16.3. The molecule has 11 rings (SSSR count). The smallest absolute Gasteiger partial charge is 0.144 e. The normalized spacial score (nSPS) is 14.8. The van der Waals surface area contributed by atoms with E-state index in [9.17, 15) is 10.2 Å². The Bertz CT molecular complexity index is 3460.